The smallest absolute Gasteiger partial charge is 0.322 e. The Labute approximate surface area is 105 Å². The third kappa shape index (κ3) is 2.58. The molecule has 1 aliphatic rings. The molecule has 0 saturated carbocycles. The molecule has 1 saturated heterocycles. The van der Waals surface area contributed by atoms with Crippen LogP contribution < -0.4 is 10.1 Å². The van der Waals surface area contributed by atoms with Crippen molar-refractivity contribution in [1.82, 2.24) is 15.0 Å². The highest BCUT2D eigenvalue weighted by atomic mass is 35.5. The summed E-state index contributed by atoms with van der Waals surface area (Å²) in [6.07, 6.45) is 0.976. The summed E-state index contributed by atoms with van der Waals surface area (Å²) in [4.78, 5) is 11.9. The number of hydrogen-bond acceptors (Lipinski definition) is 6. The van der Waals surface area contributed by atoms with Crippen molar-refractivity contribution in [3.63, 3.8) is 0 Å². The van der Waals surface area contributed by atoms with Crippen LogP contribution in [-0.4, -0.2) is 40.3 Å². The number of halogens is 1. The molecule has 6 nitrogen and oxygen atoms in total. The first-order chi connectivity index (χ1) is 8.03. The number of rotatable bonds is 3. The summed E-state index contributed by atoms with van der Waals surface area (Å²) in [6.45, 7) is 4.80. The number of aromatic nitrogens is 3. The molecule has 0 aliphatic carbocycles. The third-order valence-corrected chi connectivity index (χ3v) is 3.22. The van der Waals surface area contributed by atoms with Crippen LogP contribution in [0.5, 0.6) is 6.01 Å². The minimum Gasteiger partial charge on any atom is -0.467 e. The average molecular weight is 259 g/mol. The molecule has 17 heavy (non-hydrogen) atoms. The number of nitrogens with zero attached hydrogens (tertiary/aromatic N) is 3. The Kier molecular flexibility index (Phi) is 3.35. The lowest BCUT2D eigenvalue weighted by molar-refractivity contribution is 0.105. The molecule has 0 aromatic carbocycles. The third-order valence-electron chi connectivity index (χ3n) is 3.05. The number of methoxy groups -OCH3 is 1. The molecule has 7 heteroatoms. The summed E-state index contributed by atoms with van der Waals surface area (Å²) >= 11 is 5.78. The van der Waals surface area contributed by atoms with Crippen LogP contribution in [-0.2, 0) is 4.74 Å². The second kappa shape index (κ2) is 4.62. The van der Waals surface area contributed by atoms with Gasteiger partial charge < -0.3 is 14.8 Å². The number of hydrogen-bond donors (Lipinski definition) is 1. The van der Waals surface area contributed by atoms with E-state index in [4.69, 9.17) is 21.1 Å². The fourth-order valence-corrected chi connectivity index (χ4v) is 1.89. The normalized spacial score (nSPS) is 28.1. The van der Waals surface area contributed by atoms with Gasteiger partial charge in [-0.1, -0.05) is 0 Å². The molecular formula is C10H15ClN4O2. The van der Waals surface area contributed by atoms with Gasteiger partial charge in [-0.2, -0.15) is 15.0 Å². The van der Waals surface area contributed by atoms with Gasteiger partial charge in [0.2, 0.25) is 11.2 Å². The molecule has 1 aromatic rings. The van der Waals surface area contributed by atoms with Gasteiger partial charge >= 0.3 is 6.01 Å². The van der Waals surface area contributed by atoms with Gasteiger partial charge in [-0.15, -0.1) is 0 Å². The van der Waals surface area contributed by atoms with Crippen molar-refractivity contribution in [2.45, 2.75) is 31.9 Å². The van der Waals surface area contributed by atoms with Crippen molar-refractivity contribution in [3.8, 4) is 6.01 Å². The molecule has 2 unspecified atom stereocenters. The number of ether oxygens (including phenoxy) is 2. The van der Waals surface area contributed by atoms with E-state index in [9.17, 15) is 0 Å². The van der Waals surface area contributed by atoms with Crippen LogP contribution in [0.25, 0.3) is 0 Å². The highest BCUT2D eigenvalue weighted by Crippen LogP contribution is 2.28. The monoisotopic (exact) mass is 258 g/mol. The van der Waals surface area contributed by atoms with Gasteiger partial charge in [0, 0.05) is 6.61 Å². The van der Waals surface area contributed by atoms with E-state index in [1.165, 1.54) is 7.11 Å². The van der Waals surface area contributed by atoms with Gasteiger partial charge in [0.05, 0.1) is 18.8 Å². The Morgan fingerprint density at radius 2 is 2.24 bits per heavy atom. The van der Waals surface area contributed by atoms with E-state index in [0.29, 0.717) is 5.95 Å². The molecule has 1 aliphatic heterocycles. The molecule has 2 rings (SSSR count). The second-order valence-electron chi connectivity index (χ2n) is 4.22. The first-order valence-corrected chi connectivity index (χ1v) is 5.76. The van der Waals surface area contributed by atoms with Gasteiger partial charge in [0.25, 0.3) is 0 Å². The minimum absolute atomic E-state index is 0.0871. The highest BCUT2D eigenvalue weighted by Gasteiger charge is 2.37. The van der Waals surface area contributed by atoms with Crippen molar-refractivity contribution >= 4 is 17.5 Å². The molecule has 1 fully saturated rings. The van der Waals surface area contributed by atoms with Crippen LogP contribution in [0, 0.1) is 0 Å². The van der Waals surface area contributed by atoms with E-state index in [-0.39, 0.29) is 22.9 Å². The van der Waals surface area contributed by atoms with Gasteiger partial charge in [-0.25, -0.2) is 0 Å². The summed E-state index contributed by atoms with van der Waals surface area (Å²) in [5.41, 5.74) is -0.199. The van der Waals surface area contributed by atoms with Crippen molar-refractivity contribution < 1.29 is 9.47 Å². The van der Waals surface area contributed by atoms with Crippen LogP contribution in [0.4, 0.5) is 5.95 Å². The number of anilines is 1. The summed E-state index contributed by atoms with van der Waals surface area (Å²) < 4.78 is 10.5. The zero-order chi connectivity index (χ0) is 12.5. The van der Waals surface area contributed by atoms with Crippen LogP contribution >= 0.6 is 11.6 Å². The zero-order valence-corrected chi connectivity index (χ0v) is 10.8. The lowest BCUT2D eigenvalue weighted by Crippen LogP contribution is -2.41. The molecule has 0 spiro atoms. The summed E-state index contributed by atoms with van der Waals surface area (Å²) in [5.74, 6) is 0.404. The lowest BCUT2D eigenvalue weighted by atomic mass is 9.95. The van der Waals surface area contributed by atoms with Crippen LogP contribution in [0.1, 0.15) is 20.3 Å². The predicted molar refractivity (Wildman–Crippen MR) is 63.4 cm³/mol. The van der Waals surface area contributed by atoms with E-state index < -0.39 is 0 Å². The van der Waals surface area contributed by atoms with E-state index in [2.05, 4.69) is 27.2 Å². The Hall–Kier alpha value is -1.14. The fourth-order valence-electron chi connectivity index (χ4n) is 1.73. The first kappa shape index (κ1) is 12.3. The predicted octanol–water partition coefficient (Wildman–Crippen LogP) is 1.51. The Morgan fingerprint density at radius 3 is 2.82 bits per heavy atom. The van der Waals surface area contributed by atoms with Crippen molar-refractivity contribution in [2.75, 3.05) is 19.0 Å². The molecule has 0 bridgehead atoms. The van der Waals surface area contributed by atoms with E-state index >= 15 is 0 Å². The van der Waals surface area contributed by atoms with Crippen LogP contribution in [0.15, 0.2) is 0 Å². The van der Waals surface area contributed by atoms with Gasteiger partial charge in [-0.3, -0.25) is 0 Å². The van der Waals surface area contributed by atoms with E-state index in [0.717, 1.165) is 13.0 Å². The maximum atomic E-state index is 5.78. The van der Waals surface area contributed by atoms with E-state index in [1.807, 2.05) is 6.92 Å². The molecule has 2 atom stereocenters. The van der Waals surface area contributed by atoms with Gasteiger partial charge in [0.1, 0.15) is 0 Å². The maximum absolute atomic E-state index is 5.78. The summed E-state index contributed by atoms with van der Waals surface area (Å²) in [5, 5.41) is 3.34. The Morgan fingerprint density at radius 1 is 1.47 bits per heavy atom. The topological polar surface area (TPSA) is 69.2 Å². The molecule has 94 valence electrons. The summed E-state index contributed by atoms with van der Waals surface area (Å²) in [7, 11) is 1.48. The molecule has 0 amide bonds. The Bertz CT molecular complexity index is 417. The largest absolute Gasteiger partial charge is 0.467 e. The fraction of sp³-hybridized carbons (Fsp3) is 0.700. The Balaban J connectivity index is 2.20. The number of nitrogens with one attached hydrogen (secondary N) is 1. The van der Waals surface area contributed by atoms with Crippen molar-refractivity contribution in [1.29, 1.82) is 0 Å². The standard InChI is InChI=1S/C10H15ClN4O2/c1-6-10(2,4-5-17-6)15-8-12-7(11)13-9(14-8)16-3/h6H,4-5H2,1-3H3,(H,12,13,14,15). The van der Waals surface area contributed by atoms with Gasteiger partial charge in [0.15, 0.2) is 0 Å². The minimum atomic E-state index is -0.199. The average Bonchev–Trinajstić information content (AvgIpc) is 2.58. The van der Waals surface area contributed by atoms with Crippen molar-refractivity contribution in [2.24, 2.45) is 0 Å². The van der Waals surface area contributed by atoms with Gasteiger partial charge in [-0.05, 0) is 31.9 Å². The van der Waals surface area contributed by atoms with Crippen LogP contribution in [0.2, 0.25) is 5.28 Å². The molecular weight excluding hydrogens is 244 g/mol. The molecule has 2 heterocycles. The van der Waals surface area contributed by atoms with Crippen LogP contribution in [0.3, 0.4) is 0 Å². The zero-order valence-electron chi connectivity index (χ0n) is 10.0. The molecule has 1 aromatic heterocycles. The maximum Gasteiger partial charge on any atom is 0.322 e. The quantitative estimate of drug-likeness (QED) is 0.886. The van der Waals surface area contributed by atoms with E-state index in [1.54, 1.807) is 0 Å². The molecule has 1 N–H and O–H groups in total. The highest BCUT2D eigenvalue weighted by molar-refractivity contribution is 6.28. The first-order valence-electron chi connectivity index (χ1n) is 5.39. The molecule has 0 radical (unpaired) electrons. The second-order valence-corrected chi connectivity index (χ2v) is 4.56. The SMILES string of the molecule is COc1nc(Cl)nc(NC2(C)CCOC2C)n1. The summed E-state index contributed by atoms with van der Waals surface area (Å²) in [6, 6.07) is 0.197. The van der Waals surface area contributed by atoms with Crippen molar-refractivity contribution in [3.05, 3.63) is 5.28 Å². The lowest BCUT2D eigenvalue weighted by Gasteiger charge is -2.28.